The highest BCUT2D eigenvalue weighted by Gasteiger charge is 2.05. The molecule has 0 saturated carbocycles. The van der Waals surface area contributed by atoms with Gasteiger partial charge in [-0.2, -0.15) is 0 Å². The highest BCUT2D eigenvalue weighted by Crippen LogP contribution is 2.18. The monoisotopic (exact) mass is 256 g/mol. The third-order valence-corrected chi connectivity index (χ3v) is 3.29. The molecule has 0 aliphatic heterocycles. The number of halogens is 1. The maximum absolute atomic E-state index is 13.7. The summed E-state index contributed by atoms with van der Waals surface area (Å²) in [6.45, 7) is 4.26. The molecule has 0 radical (unpaired) electrons. The quantitative estimate of drug-likeness (QED) is 0.247. The van der Waals surface area contributed by atoms with Gasteiger partial charge in [-0.25, -0.2) is 4.39 Å². The number of allylic oxidation sites excluding steroid dienone is 2. The summed E-state index contributed by atoms with van der Waals surface area (Å²) in [5.41, 5.74) is 0.392. The molecule has 2 heteroatoms. The minimum absolute atomic E-state index is 0.174. The summed E-state index contributed by atoms with van der Waals surface area (Å²) in [6.07, 6.45) is 11.9. The summed E-state index contributed by atoms with van der Waals surface area (Å²) in [4.78, 5) is 10.8. The molecule has 1 nitrogen and oxygen atoms in total. The number of unbranched alkanes of at least 4 members (excludes halogenated alkanes) is 7. The molecular formula is C16H29FO. The topological polar surface area (TPSA) is 17.1 Å². The fourth-order valence-corrected chi connectivity index (χ4v) is 2.02. The molecule has 0 aromatic rings. The minimum Gasteiger partial charge on any atom is -0.298 e. The van der Waals surface area contributed by atoms with Crippen molar-refractivity contribution in [3.05, 3.63) is 11.4 Å². The molecular weight excluding hydrogens is 227 g/mol. The van der Waals surface area contributed by atoms with E-state index in [9.17, 15) is 9.18 Å². The first-order valence-electron chi connectivity index (χ1n) is 7.58. The normalized spacial score (nSPS) is 12.4. The summed E-state index contributed by atoms with van der Waals surface area (Å²) in [5, 5.41) is 0. The van der Waals surface area contributed by atoms with Crippen LogP contribution in [0, 0.1) is 0 Å². The Hall–Kier alpha value is -0.660. The lowest BCUT2D eigenvalue weighted by atomic mass is 10.0. The van der Waals surface area contributed by atoms with Crippen LogP contribution >= 0.6 is 0 Å². The van der Waals surface area contributed by atoms with Gasteiger partial charge in [0, 0.05) is 5.57 Å². The van der Waals surface area contributed by atoms with E-state index >= 15 is 0 Å². The molecule has 0 fully saturated rings. The van der Waals surface area contributed by atoms with Crippen LogP contribution in [-0.4, -0.2) is 6.29 Å². The van der Waals surface area contributed by atoms with Gasteiger partial charge in [-0.15, -0.1) is 0 Å². The molecule has 0 aromatic heterocycles. The maximum atomic E-state index is 13.7. The van der Waals surface area contributed by atoms with Gasteiger partial charge in [0.1, 0.15) is 12.1 Å². The van der Waals surface area contributed by atoms with Gasteiger partial charge in [0.2, 0.25) is 0 Å². The maximum Gasteiger partial charge on any atom is 0.148 e. The Labute approximate surface area is 112 Å². The van der Waals surface area contributed by atoms with E-state index in [0.717, 1.165) is 25.7 Å². The summed E-state index contributed by atoms with van der Waals surface area (Å²) >= 11 is 0. The lowest BCUT2D eigenvalue weighted by Crippen LogP contribution is -1.91. The summed E-state index contributed by atoms with van der Waals surface area (Å²) in [6, 6.07) is 0. The highest BCUT2D eigenvalue weighted by atomic mass is 19.1. The fourth-order valence-electron chi connectivity index (χ4n) is 2.02. The van der Waals surface area contributed by atoms with Crippen LogP contribution in [0.2, 0.25) is 0 Å². The molecule has 0 saturated heterocycles. The molecule has 0 spiro atoms. The van der Waals surface area contributed by atoms with Crippen LogP contribution in [0.3, 0.4) is 0 Å². The third kappa shape index (κ3) is 9.38. The van der Waals surface area contributed by atoms with E-state index in [1.807, 2.05) is 0 Å². The Balaban J connectivity index is 3.68. The molecule has 0 N–H and O–H groups in total. The smallest absolute Gasteiger partial charge is 0.148 e. The minimum atomic E-state index is -0.174. The van der Waals surface area contributed by atoms with Gasteiger partial charge in [0.15, 0.2) is 0 Å². The first kappa shape index (κ1) is 17.3. The van der Waals surface area contributed by atoms with Gasteiger partial charge in [-0.1, -0.05) is 58.8 Å². The van der Waals surface area contributed by atoms with Gasteiger partial charge in [0.25, 0.3) is 0 Å². The van der Waals surface area contributed by atoms with Crippen molar-refractivity contribution in [3.8, 4) is 0 Å². The molecule has 0 unspecified atom stereocenters. The lowest BCUT2D eigenvalue weighted by molar-refractivity contribution is -0.105. The van der Waals surface area contributed by atoms with Crippen molar-refractivity contribution >= 4 is 6.29 Å². The van der Waals surface area contributed by atoms with Crippen molar-refractivity contribution < 1.29 is 9.18 Å². The predicted octanol–water partition coefficient (Wildman–Crippen LogP) is 5.74. The van der Waals surface area contributed by atoms with Gasteiger partial charge in [-0.3, -0.25) is 4.79 Å². The van der Waals surface area contributed by atoms with E-state index in [4.69, 9.17) is 0 Å². The molecule has 18 heavy (non-hydrogen) atoms. The molecule has 0 heterocycles. The van der Waals surface area contributed by atoms with Gasteiger partial charge in [-0.05, 0) is 25.7 Å². The lowest BCUT2D eigenvalue weighted by Gasteiger charge is -2.03. The van der Waals surface area contributed by atoms with E-state index in [0.29, 0.717) is 24.7 Å². The Morgan fingerprint density at radius 1 is 0.833 bits per heavy atom. The van der Waals surface area contributed by atoms with E-state index in [-0.39, 0.29) is 5.83 Å². The largest absolute Gasteiger partial charge is 0.298 e. The van der Waals surface area contributed by atoms with Crippen LogP contribution in [-0.2, 0) is 4.79 Å². The first-order chi connectivity index (χ1) is 8.76. The molecule has 0 rings (SSSR count). The summed E-state index contributed by atoms with van der Waals surface area (Å²) < 4.78 is 13.7. The fraction of sp³-hybridized carbons (Fsp3) is 0.812. The predicted molar refractivity (Wildman–Crippen MR) is 76.3 cm³/mol. The average Bonchev–Trinajstić information content (AvgIpc) is 2.38. The Kier molecular flexibility index (Phi) is 12.3. The van der Waals surface area contributed by atoms with Gasteiger partial charge >= 0.3 is 0 Å². The van der Waals surface area contributed by atoms with E-state index in [1.54, 1.807) is 0 Å². The van der Waals surface area contributed by atoms with Gasteiger partial charge in [0.05, 0.1) is 0 Å². The Morgan fingerprint density at radius 3 is 1.94 bits per heavy atom. The zero-order chi connectivity index (χ0) is 13.6. The van der Waals surface area contributed by atoms with Crippen LogP contribution in [0.1, 0.15) is 84.5 Å². The first-order valence-corrected chi connectivity index (χ1v) is 7.58. The summed E-state index contributed by atoms with van der Waals surface area (Å²) in [7, 11) is 0. The standard InChI is InChI=1S/C16H29FO/c1-3-5-7-8-9-10-11-13-16(17)15(14-18)12-6-4-2/h14H,3-13H2,1-2H3. The molecule has 0 bridgehead atoms. The van der Waals surface area contributed by atoms with Crippen LogP contribution in [0.5, 0.6) is 0 Å². The zero-order valence-electron chi connectivity index (χ0n) is 12.1. The molecule has 0 aliphatic carbocycles. The third-order valence-electron chi connectivity index (χ3n) is 3.29. The van der Waals surface area contributed by atoms with Crippen molar-refractivity contribution in [2.24, 2.45) is 0 Å². The van der Waals surface area contributed by atoms with Gasteiger partial charge < -0.3 is 0 Å². The van der Waals surface area contributed by atoms with Crippen molar-refractivity contribution in [1.82, 2.24) is 0 Å². The molecule has 0 atom stereocenters. The van der Waals surface area contributed by atoms with E-state index in [2.05, 4.69) is 13.8 Å². The number of hydrogen-bond acceptors (Lipinski definition) is 1. The van der Waals surface area contributed by atoms with Crippen LogP contribution in [0.15, 0.2) is 11.4 Å². The second kappa shape index (κ2) is 12.8. The van der Waals surface area contributed by atoms with Crippen LogP contribution in [0.25, 0.3) is 0 Å². The number of hydrogen-bond donors (Lipinski definition) is 0. The van der Waals surface area contributed by atoms with Crippen LogP contribution < -0.4 is 0 Å². The number of rotatable bonds is 12. The Morgan fingerprint density at radius 2 is 1.39 bits per heavy atom. The molecule has 0 aromatic carbocycles. The Bertz CT molecular complexity index is 233. The number of aldehydes is 1. The van der Waals surface area contributed by atoms with Crippen LogP contribution in [0.4, 0.5) is 4.39 Å². The zero-order valence-corrected chi connectivity index (χ0v) is 12.1. The molecule has 0 aliphatic rings. The molecule has 106 valence electrons. The number of carbonyl (C=O) groups excluding carboxylic acids is 1. The van der Waals surface area contributed by atoms with E-state index in [1.165, 1.54) is 32.1 Å². The second-order valence-corrected chi connectivity index (χ2v) is 5.02. The van der Waals surface area contributed by atoms with E-state index < -0.39 is 0 Å². The van der Waals surface area contributed by atoms with Crippen molar-refractivity contribution in [3.63, 3.8) is 0 Å². The van der Waals surface area contributed by atoms with Crippen molar-refractivity contribution in [2.45, 2.75) is 84.5 Å². The number of carbonyl (C=O) groups is 1. The molecule has 0 amide bonds. The highest BCUT2D eigenvalue weighted by molar-refractivity contribution is 5.73. The SMILES string of the molecule is CCCCCCCCCC(F)=C(C=O)CCCC. The second-order valence-electron chi connectivity index (χ2n) is 5.02. The summed E-state index contributed by atoms with van der Waals surface area (Å²) in [5.74, 6) is -0.174. The van der Waals surface area contributed by atoms with Crippen molar-refractivity contribution in [1.29, 1.82) is 0 Å². The average molecular weight is 256 g/mol. The van der Waals surface area contributed by atoms with Crippen molar-refractivity contribution in [2.75, 3.05) is 0 Å².